The Balaban J connectivity index is 1.40. The highest BCUT2D eigenvalue weighted by molar-refractivity contribution is 5.97. The van der Waals surface area contributed by atoms with Crippen molar-refractivity contribution in [3.63, 3.8) is 0 Å². The van der Waals surface area contributed by atoms with Gasteiger partial charge in [0.05, 0.1) is 11.3 Å². The maximum Gasteiger partial charge on any atom is 0.257 e. The van der Waals surface area contributed by atoms with E-state index < -0.39 is 0 Å². The molecule has 0 radical (unpaired) electrons. The van der Waals surface area contributed by atoms with E-state index in [0.717, 1.165) is 43.9 Å². The minimum atomic E-state index is 0.0427. The first-order valence-corrected chi connectivity index (χ1v) is 10.2. The van der Waals surface area contributed by atoms with E-state index in [0.29, 0.717) is 17.2 Å². The molecule has 3 aromatic rings. The standard InChI is InChI=1S/C24H27N3O2/c1-18-16-19(2)27(25-18)17-20-12-14-26(15-13-20)24(28)22-10-6-7-11-23(22)29-21-8-4-3-5-9-21/h3-11,16,20H,12-15,17H2,1-2H3. The Morgan fingerprint density at radius 1 is 1.03 bits per heavy atom. The van der Waals surface area contributed by atoms with Crippen LogP contribution >= 0.6 is 0 Å². The zero-order valence-electron chi connectivity index (χ0n) is 17.0. The third-order valence-corrected chi connectivity index (χ3v) is 5.52. The van der Waals surface area contributed by atoms with Gasteiger partial charge in [-0.2, -0.15) is 5.10 Å². The normalized spacial score (nSPS) is 14.8. The molecule has 1 aliphatic rings. The van der Waals surface area contributed by atoms with Crippen LogP contribution < -0.4 is 4.74 Å². The molecule has 1 aliphatic heterocycles. The molecule has 0 atom stereocenters. The number of amides is 1. The topological polar surface area (TPSA) is 47.4 Å². The van der Waals surface area contributed by atoms with Crippen LogP contribution in [0.5, 0.6) is 11.5 Å². The van der Waals surface area contributed by atoms with Crippen molar-refractivity contribution in [3.05, 3.63) is 77.6 Å². The Bertz CT molecular complexity index is 973. The van der Waals surface area contributed by atoms with Gasteiger partial charge in [-0.25, -0.2) is 0 Å². The summed E-state index contributed by atoms with van der Waals surface area (Å²) in [6.45, 7) is 6.59. The van der Waals surface area contributed by atoms with E-state index in [1.807, 2.05) is 66.4 Å². The third-order valence-electron chi connectivity index (χ3n) is 5.52. The number of carbonyl (C=O) groups is 1. The summed E-state index contributed by atoms with van der Waals surface area (Å²) >= 11 is 0. The van der Waals surface area contributed by atoms with Crippen molar-refractivity contribution in [3.8, 4) is 11.5 Å². The van der Waals surface area contributed by atoms with Gasteiger partial charge < -0.3 is 9.64 Å². The quantitative estimate of drug-likeness (QED) is 0.627. The van der Waals surface area contributed by atoms with Crippen LogP contribution in [0.15, 0.2) is 60.7 Å². The second-order valence-electron chi connectivity index (χ2n) is 7.76. The number of hydrogen-bond acceptors (Lipinski definition) is 3. The number of aryl methyl sites for hydroxylation is 2. The van der Waals surface area contributed by atoms with Crippen LogP contribution in [0.2, 0.25) is 0 Å². The predicted octanol–water partition coefficient (Wildman–Crippen LogP) is 4.84. The van der Waals surface area contributed by atoms with E-state index >= 15 is 0 Å². The zero-order chi connectivity index (χ0) is 20.2. The first-order chi connectivity index (χ1) is 14.1. The zero-order valence-corrected chi connectivity index (χ0v) is 17.0. The highest BCUT2D eigenvalue weighted by Crippen LogP contribution is 2.28. The molecule has 1 saturated heterocycles. The lowest BCUT2D eigenvalue weighted by Gasteiger charge is -2.32. The van der Waals surface area contributed by atoms with Crippen molar-refractivity contribution < 1.29 is 9.53 Å². The Hall–Kier alpha value is -3.08. The molecule has 0 N–H and O–H groups in total. The van der Waals surface area contributed by atoms with Gasteiger partial charge in [-0.05, 0) is 62.9 Å². The Morgan fingerprint density at radius 3 is 2.41 bits per heavy atom. The van der Waals surface area contributed by atoms with Crippen molar-refractivity contribution in [2.75, 3.05) is 13.1 Å². The first kappa shape index (κ1) is 19.2. The van der Waals surface area contributed by atoms with Gasteiger partial charge in [0.2, 0.25) is 0 Å². The van der Waals surface area contributed by atoms with E-state index in [1.54, 1.807) is 0 Å². The SMILES string of the molecule is Cc1cc(C)n(CC2CCN(C(=O)c3ccccc3Oc3ccccc3)CC2)n1. The molecule has 0 bridgehead atoms. The first-order valence-electron chi connectivity index (χ1n) is 10.2. The number of likely N-dealkylation sites (tertiary alicyclic amines) is 1. The molecule has 5 heteroatoms. The minimum absolute atomic E-state index is 0.0427. The molecule has 0 unspecified atom stereocenters. The van der Waals surface area contributed by atoms with Gasteiger partial charge in [-0.1, -0.05) is 30.3 Å². The molecular weight excluding hydrogens is 362 g/mol. The summed E-state index contributed by atoms with van der Waals surface area (Å²) in [6.07, 6.45) is 1.98. The summed E-state index contributed by atoms with van der Waals surface area (Å²) < 4.78 is 8.08. The number of benzene rings is 2. The van der Waals surface area contributed by atoms with E-state index in [9.17, 15) is 4.79 Å². The lowest BCUT2D eigenvalue weighted by Crippen LogP contribution is -2.39. The fourth-order valence-electron chi connectivity index (χ4n) is 3.94. The number of rotatable bonds is 5. The van der Waals surface area contributed by atoms with Crippen molar-refractivity contribution in [2.45, 2.75) is 33.2 Å². The number of aromatic nitrogens is 2. The summed E-state index contributed by atoms with van der Waals surface area (Å²) in [4.78, 5) is 15.1. The number of ether oxygens (including phenoxy) is 1. The van der Waals surface area contributed by atoms with Crippen molar-refractivity contribution in [2.24, 2.45) is 5.92 Å². The Kier molecular flexibility index (Phi) is 5.65. The van der Waals surface area contributed by atoms with Gasteiger partial charge in [0.1, 0.15) is 11.5 Å². The maximum atomic E-state index is 13.2. The second kappa shape index (κ2) is 8.52. The molecular formula is C24H27N3O2. The average molecular weight is 389 g/mol. The van der Waals surface area contributed by atoms with Crippen LogP contribution in [-0.2, 0) is 6.54 Å². The smallest absolute Gasteiger partial charge is 0.257 e. The molecule has 1 aromatic heterocycles. The van der Waals surface area contributed by atoms with Crippen molar-refractivity contribution in [1.29, 1.82) is 0 Å². The summed E-state index contributed by atoms with van der Waals surface area (Å²) in [5, 5.41) is 4.58. The highest BCUT2D eigenvalue weighted by atomic mass is 16.5. The predicted molar refractivity (Wildman–Crippen MR) is 113 cm³/mol. The van der Waals surface area contributed by atoms with E-state index in [2.05, 4.69) is 22.8 Å². The number of hydrogen-bond donors (Lipinski definition) is 0. The van der Waals surface area contributed by atoms with Crippen molar-refractivity contribution in [1.82, 2.24) is 14.7 Å². The molecule has 0 spiro atoms. The van der Waals surface area contributed by atoms with Gasteiger partial charge >= 0.3 is 0 Å². The van der Waals surface area contributed by atoms with Gasteiger partial charge in [-0.3, -0.25) is 9.48 Å². The summed E-state index contributed by atoms with van der Waals surface area (Å²) in [5.41, 5.74) is 2.88. The molecule has 150 valence electrons. The van der Waals surface area contributed by atoms with Crippen LogP contribution in [0.4, 0.5) is 0 Å². The Morgan fingerprint density at radius 2 is 1.72 bits per heavy atom. The molecule has 1 fully saturated rings. The number of para-hydroxylation sites is 2. The van der Waals surface area contributed by atoms with E-state index in [-0.39, 0.29) is 5.91 Å². The monoisotopic (exact) mass is 389 g/mol. The van der Waals surface area contributed by atoms with Crippen molar-refractivity contribution >= 4 is 5.91 Å². The van der Waals surface area contributed by atoms with E-state index in [1.165, 1.54) is 5.69 Å². The molecule has 0 aliphatic carbocycles. The van der Waals surface area contributed by atoms with E-state index in [4.69, 9.17) is 4.74 Å². The fourth-order valence-corrected chi connectivity index (χ4v) is 3.94. The molecule has 2 aromatic carbocycles. The minimum Gasteiger partial charge on any atom is -0.457 e. The summed E-state index contributed by atoms with van der Waals surface area (Å²) in [6, 6.07) is 19.2. The van der Waals surface area contributed by atoms with Gasteiger partial charge in [-0.15, -0.1) is 0 Å². The van der Waals surface area contributed by atoms with Crippen LogP contribution in [0.1, 0.15) is 34.6 Å². The summed E-state index contributed by atoms with van der Waals surface area (Å²) in [5.74, 6) is 1.93. The molecule has 2 heterocycles. The van der Waals surface area contributed by atoms with Gasteiger partial charge in [0.25, 0.3) is 5.91 Å². The van der Waals surface area contributed by atoms with Crippen LogP contribution in [0, 0.1) is 19.8 Å². The lowest BCUT2D eigenvalue weighted by molar-refractivity contribution is 0.0678. The molecule has 29 heavy (non-hydrogen) atoms. The summed E-state index contributed by atoms with van der Waals surface area (Å²) in [7, 11) is 0. The highest BCUT2D eigenvalue weighted by Gasteiger charge is 2.26. The molecule has 1 amide bonds. The fraction of sp³-hybridized carbons (Fsp3) is 0.333. The molecule has 0 saturated carbocycles. The van der Waals surface area contributed by atoms with Gasteiger partial charge in [0, 0.05) is 25.3 Å². The maximum absolute atomic E-state index is 13.2. The molecule has 5 nitrogen and oxygen atoms in total. The largest absolute Gasteiger partial charge is 0.457 e. The number of piperidine rings is 1. The second-order valence-corrected chi connectivity index (χ2v) is 7.76. The molecule has 4 rings (SSSR count). The number of carbonyl (C=O) groups excluding carboxylic acids is 1. The third kappa shape index (κ3) is 4.50. The van der Waals surface area contributed by atoms with Crippen LogP contribution in [0.3, 0.4) is 0 Å². The average Bonchev–Trinajstić information content (AvgIpc) is 3.06. The lowest BCUT2D eigenvalue weighted by atomic mass is 9.96. The van der Waals surface area contributed by atoms with Crippen LogP contribution in [0.25, 0.3) is 0 Å². The van der Waals surface area contributed by atoms with Crippen LogP contribution in [-0.4, -0.2) is 33.7 Å². The van der Waals surface area contributed by atoms with Gasteiger partial charge in [0.15, 0.2) is 0 Å². The number of nitrogens with zero attached hydrogens (tertiary/aromatic N) is 3. The Labute approximate surface area is 171 Å².